The third kappa shape index (κ3) is 3.71. The SMILES string of the molecule is CCC(N)(CC)CNC(=O)c1cn(-c2ccc(C)cc2)nn1. The summed E-state index contributed by atoms with van der Waals surface area (Å²) in [6, 6.07) is 7.85. The van der Waals surface area contributed by atoms with E-state index < -0.39 is 0 Å². The third-order valence-corrected chi connectivity index (χ3v) is 4.03. The normalized spacial score (nSPS) is 11.5. The molecule has 1 aromatic carbocycles. The summed E-state index contributed by atoms with van der Waals surface area (Å²) in [5.74, 6) is -0.255. The molecule has 0 saturated heterocycles. The van der Waals surface area contributed by atoms with Gasteiger partial charge in [-0.25, -0.2) is 4.68 Å². The van der Waals surface area contributed by atoms with Crippen LogP contribution in [0.25, 0.3) is 5.69 Å². The first kappa shape index (κ1) is 16.2. The standard InChI is InChI=1S/C16H23N5O/c1-4-16(17,5-2)11-18-15(22)14-10-21(20-19-14)13-8-6-12(3)7-9-13/h6-10H,4-5,11,17H2,1-3H3,(H,18,22). The number of carbonyl (C=O) groups is 1. The number of nitrogens with two attached hydrogens (primary N) is 1. The van der Waals surface area contributed by atoms with Crippen LogP contribution in [0.4, 0.5) is 0 Å². The van der Waals surface area contributed by atoms with Crippen LogP contribution in [0.15, 0.2) is 30.5 Å². The second-order valence-corrected chi connectivity index (χ2v) is 5.64. The van der Waals surface area contributed by atoms with E-state index in [4.69, 9.17) is 5.73 Å². The van der Waals surface area contributed by atoms with Gasteiger partial charge < -0.3 is 11.1 Å². The van der Waals surface area contributed by atoms with Gasteiger partial charge in [-0.05, 0) is 31.9 Å². The molecule has 118 valence electrons. The minimum atomic E-state index is -0.372. The lowest BCUT2D eigenvalue weighted by molar-refractivity contribution is 0.0937. The number of amides is 1. The summed E-state index contributed by atoms with van der Waals surface area (Å²) < 4.78 is 1.59. The molecule has 22 heavy (non-hydrogen) atoms. The highest BCUT2D eigenvalue weighted by Gasteiger charge is 2.22. The zero-order valence-electron chi connectivity index (χ0n) is 13.3. The minimum absolute atomic E-state index is 0.255. The lowest BCUT2D eigenvalue weighted by Gasteiger charge is -2.26. The van der Waals surface area contributed by atoms with Gasteiger partial charge >= 0.3 is 0 Å². The van der Waals surface area contributed by atoms with E-state index in [1.54, 1.807) is 10.9 Å². The second-order valence-electron chi connectivity index (χ2n) is 5.64. The first-order valence-electron chi connectivity index (χ1n) is 7.54. The van der Waals surface area contributed by atoms with Gasteiger partial charge in [0.15, 0.2) is 5.69 Å². The molecule has 2 rings (SSSR count). The number of rotatable bonds is 6. The lowest BCUT2D eigenvalue weighted by Crippen LogP contribution is -2.49. The summed E-state index contributed by atoms with van der Waals surface area (Å²) in [5.41, 5.74) is 8.13. The fourth-order valence-electron chi connectivity index (χ4n) is 2.04. The molecule has 0 saturated carbocycles. The third-order valence-electron chi connectivity index (χ3n) is 4.03. The molecule has 0 atom stereocenters. The smallest absolute Gasteiger partial charge is 0.273 e. The number of carbonyl (C=O) groups excluding carboxylic acids is 1. The summed E-state index contributed by atoms with van der Waals surface area (Å²) in [6.45, 7) is 6.48. The predicted molar refractivity (Wildman–Crippen MR) is 85.9 cm³/mol. The Morgan fingerprint density at radius 1 is 1.27 bits per heavy atom. The van der Waals surface area contributed by atoms with E-state index >= 15 is 0 Å². The molecule has 1 heterocycles. The van der Waals surface area contributed by atoms with Gasteiger partial charge in [-0.1, -0.05) is 36.8 Å². The topological polar surface area (TPSA) is 85.8 Å². The van der Waals surface area contributed by atoms with Gasteiger partial charge in [0.05, 0.1) is 11.9 Å². The van der Waals surface area contributed by atoms with Crippen molar-refractivity contribution in [3.8, 4) is 5.69 Å². The molecule has 0 bridgehead atoms. The van der Waals surface area contributed by atoms with E-state index in [1.165, 1.54) is 5.56 Å². The van der Waals surface area contributed by atoms with Crippen LogP contribution in [0.5, 0.6) is 0 Å². The molecular weight excluding hydrogens is 278 g/mol. The molecule has 3 N–H and O–H groups in total. The summed E-state index contributed by atoms with van der Waals surface area (Å²) in [6.07, 6.45) is 3.23. The van der Waals surface area contributed by atoms with E-state index in [-0.39, 0.29) is 17.1 Å². The van der Waals surface area contributed by atoms with Crippen LogP contribution in [0.3, 0.4) is 0 Å². The molecule has 0 unspecified atom stereocenters. The average Bonchev–Trinajstić information content (AvgIpc) is 3.03. The predicted octanol–water partition coefficient (Wildman–Crippen LogP) is 1.82. The van der Waals surface area contributed by atoms with Crippen molar-refractivity contribution in [1.29, 1.82) is 0 Å². The number of hydrogen-bond acceptors (Lipinski definition) is 4. The van der Waals surface area contributed by atoms with Crippen LogP contribution < -0.4 is 11.1 Å². The molecule has 1 aromatic heterocycles. The van der Waals surface area contributed by atoms with E-state index in [0.717, 1.165) is 18.5 Å². The monoisotopic (exact) mass is 301 g/mol. The molecule has 0 fully saturated rings. The van der Waals surface area contributed by atoms with Crippen LogP contribution in [0, 0.1) is 6.92 Å². The van der Waals surface area contributed by atoms with Crippen molar-refractivity contribution in [3.05, 3.63) is 41.7 Å². The van der Waals surface area contributed by atoms with E-state index in [0.29, 0.717) is 6.54 Å². The maximum absolute atomic E-state index is 12.1. The van der Waals surface area contributed by atoms with Crippen molar-refractivity contribution < 1.29 is 4.79 Å². The highest BCUT2D eigenvalue weighted by atomic mass is 16.2. The molecule has 0 spiro atoms. The number of nitrogens with one attached hydrogen (secondary N) is 1. The minimum Gasteiger partial charge on any atom is -0.349 e. The maximum atomic E-state index is 12.1. The molecule has 6 heteroatoms. The molecule has 0 aliphatic rings. The molecule has 6 nitrogen and oxygen atoms in total. The van der Waals surface area contributed by atoms with Crippen molar-refractivity contribution in [1.82, 2.24) is 20.3 Å². The molecule has 2 aromatic rings. The van der Waals surface area contributed by atoms with Crippen LogP contribution in [-0.4, -0.2) is 33.0 Å². The number of benzene rings is 1. The van der Waals surface area contributed by atoms with Gasteiger partial charge in [0.1, 0.15) is 0 Å². The zero-order valence-corrected chi connectivity index (χ0v) is 13.3. The Kier molecular flexibility index (Phi) is 4.92. The lowest BCUT2D eigenvalue weighted by atomic mass is 9.94. The van der Waals surface area contributed by atoms with Gasteiger partial charge in [0.25, 0.3) is 5.91 Å². The highest BCUT2D eigenvalue weighted by Crippen LogP contribution is 2.11. The van der Waals surface area contributed by atoms with Crippen molar-refractivity contribution in [3.63, 3.8) is 0 Å². The van der Waals surface area contributed by atoms with Gasteiger partial charge in [-0.2, -0.15) is 0 Å². The first-order chi connectivity index (χ1) is 10.5. The maximum Gasteiger partial charge on any atom is 0.273 e. The van der Waals surface area contributed by atoms with Crippen molar-refractivity contribution in [2.45, 2.75) is 39.2 Å². The summed E-state index contributed by atoms with van der Waals surface area (Å²) in [7, 11) is 0. The Morgan fingerprint density at radius 2 is 1.91 bits per heavy atom. The first-order valence-corrected chi connectivity index (χ1v) is 7.54. The molecule has 0 radical (unpaired) electrons. The Balaban J connectivity index is 2.05. The van der Waals surface area contributed by atoms with Crippen LogP contribution in [0.1, 0.15) is 42.7 Å². The largest absolute Gasteiger partial charge is 0.349 e. The van der Waals surface area contributed by atoms with Crippen molar-refractivity contribution >= 4 is 5.91 Å². The molecule has 0 aliphatic heterocycles. The number of aromatic nitrogens is 3. The van der Waals surface area contributed by atoms with Crippen LogP contribution in [-0.2, 0) is 0 Å². The summed E-state index contributed by atoms with van der Waals surface area (Å²) in [4.78, 5) is 12.1. The fourth-order valence-corrected chi connectivity index (χ4v) is 2.04. The fraction of sp³-hybridized carbons (Fsp3) is 0.438. The average molecular weight is 301 g/mol. The van der Waals surface area contributed by atoms with Gasteiger partial charge in [0.2, 0.25) is 0 Å². The Bertz CT molecular complexity index is 628. The van der Waals surface area contributed by atoms with Crippen LogP contribution >= 0.6 is 0 Å². The van der Waals surface area contributed by atoms with Gasteiger partial charge in [0, 0.05) is 12.1 Å². The number of aryl methyl sites for hydroxylation is 1. The number of hydrogen-bond donors (Lipinski definition) is 2. The van der Waals surface area contributed by atoms with Crippen molar-refractivity contribution in [2.24, 2.45) is 5.73 Å². The van der Waals surface area contributed by atoms with Gasteiger partial charge in [-0.15, -0.1) is 5.10 Å². The second kappa shape index (κ2) is 6.70. The van der Waals surface area contributed by atoms with Crippen LogP contribution in [0.2, 0.25) is 0 Å². The van der Waals surface area contributed by atoms with E-state index in [2.05, 4.69) is 15.6 Å². The molecule has 0 aliphatic carbocycles. The molecular formula is C16H23N5O. The Hall–Kier alpha value is -2.21. The quantitative estimate of drug-likeness (QED) is 0.852. The highest BCUT2D eigenvalue weighted by molar-refractivity contribution is 5.91. The summed E-state index contributed by atoms with van der Waals surface area (Å²) in [5, 5.41) is 10.8. The Labute approximate surface area is 130 Å². The zero-order chi connectivity index (χ0) is 16.2. The van der Waals surface area contributed by atoms with Crippen molar-refractivity contribution in [2.75, 3.05) is 6.54 Å². The summed E-state index contributed by atoms with van der Waals surface area (Å²) >= 11 is 0. The Morgan fingerprint density at radius 3 is 2.50 bits per heavy atom. The molecule has 1 amide bonds. The van der Waals surface area contributed by atoms with E-state index in [1.807, 2.05) is 45.0 Å². The van der Waals surface area contributed by atoms with E-state index in [9.17, 15) is 4.79 Å². The van der Waals surface area contributed by atoms with Gasteiger partial charge in [-0.3, -0.25) is 4.79 Å². The number of nitrogens with zero attached hydrogens (tertiary/aromatic N) is 3.